The van der Waals surface area contributed by atoms with Crippen molar-refractivity contribution in [3.05, 3.63) is 36.4 Å². The lowest BCUT2D eigenvalue weighted by atomic mass is 9.95. The van der Waals surface area contributed by atoms with Crippen molar-refractivity contribution >= 4 is 5.69 Å². The minimum atomic E-state index is 0.638. The Balaban J connectivity index is 2.01. The van der Waals surface area contributed by atoms with Crippen LogP contribution in [0.15, 0.2) is 30.9 Å². The molecule has 2 aliphatic heterocycles. The average Bonchev–Trinajstić information content (AvgIpc) is 2.82. The summed E-state index contributed by atoms with van der Waals surface area (Å²) in [5.41, 5.74) is 2.79. The summed E-state index contributed by atoms with van der Waals surface area (Å²) in [6.07, 6.45) is 8.19. The van der Waals surface area contributed by atoms with Gasteiger partial charge in [0.1, 0.15) is 5.75 Å². The Hall–Kier alpha value is -1.44. The number of methoxy groups -OCH3 is 1. The summed E-state index contributed by atoms with van der Waals surface area (Å²) in [5.74, 6) is 1.05. The Morgan fingerprint density at radius 1 is 1.39 bits per heavy atom. The Bertz CT molecular complexity index is 454. The first-order valence-electron chi connectivity index (χ1n) is 6.90. The van der Waals surface area contributed by atoms with Crippen LogP contribution in [0, 0.1) is 0 Å². The standard InChI is InChI=1S/C16H21NO/c1-3-5-12-8-9-13-10-11-14-15(17(12)13)6-4-7-16(14)18-2/h3-4,6-7,12-13H,1,5,8-11H2,2H3/t12-,13-/m1/s1. The molecule has 0 spiro atoms. The monoisotopic (exact) mass is 243 g/mol. The first-order chi connectivity index (χ1) is 8.85. The van der Waals surface area contributed by atoms with Crippen LogP contribution < -0.4 is 9.64 Å². The number of fused-ring (bicyclic) bond motifs is 3. The van der Waals surface area contributed by atoms with Gasteiger partial charge in [0.2, 0.25) is 0 Å². The molecule has 1 aromatic carbocycles. The lowest BCUT2D eigenvalue weighted by molar-refractivity contribution is 0.405. The van der Waals surface area contributed by atoms with Crippen LogP contribution in [-0.2, 0) is 6.42 Å². The maximum Gasteiger partial charge on any atom is 0.124 e. The highest BCUT2D eigenvalue weighted by Gasteiger charge is 2.37. The van der Waals surface area contributed by atoms with Crippen molar-refractivity contribution in [2.24, 2.45) is 0 Å². The third-order valence-corrected chi connectivity index (χ3v) is 4.39. The van der Waals surface area contributed by atoms with Gasteiger partial charge in [-0.2, -0.15) is 0 Å². The van der Waals surface area contributed by atoms with Crippen molar-refractivity contribution in [3.63, 3.8) is 0 Å². The van der Waals surface area contributed by atoms with Gasteiger partial charge in [-0.25, -0.2) is 0 Å². The predicted molar refractivity (Wildman–Crippen MR) is 75.4 cm³/mol. The van der Waals surface area contributed by atoms with Crippen LogP contribution in [-0.4, -0.2) is 19.2 Å². The average molecular weight is 243 g/mol. The molecule has 0 radical (unpaired) electrons. The van der Waals surface area contributed by atoms with Crippen molar-refractivity contribution in [3.8, 4) is 5.75 Å². The molecule has 0 N–H and O–H groups in total. The molecule has 3 rings (SSSR count). The van der Waals surface area contributed by atoms with E-state index in [1.165, 1.54) is 30.5 Å². The number of benzene rings is 1. The van der Waals surface area contributed by atoms with Gasteiger partial charge in [-0.1, -0.05) is 12.1 Å². The van der Waals surface area contributed by atoms with Crippen LogP contribution >= 0.6 is 0 Å². The SMILES string of the molecule is C=CC[C@@H]1CC[C@@H]2CCc3c(OC)cccc3N21. The van der Waals surface area contributed by atoms with Gasteiger partial charge in [0.15, 0.2) is 0 Å². The predicted octanol–water partition coefficient (Wildman–Crippen LogP) is 3.55. The maximum atomic E-state index is 5.51. The molecule has 1 saturated heterocycles. The molecule has 2 heteroatoms. The number of hydrogen-bond donors (Lipinski definition) is 0. The van der Waals surface area contributed by atoms with Crippen LogP contribution in [0.25, 0.3) is 0 Å². The molecule has 96 valence electrons. The number of ether oxygens (including phenoxy) is 1. The molecule has 0 bridgehead atoms. The minimum Gasteiger partial charge on any atom is -0.496 e. The van der Waals surface area contributed by atoms with E-state index < -0.39 is 0 Å². The van der Waals surface area contributed by atoms with Crippen LogP contribution in [0.4, 0.5) is 5.69 Å². The Morgan fingerprint density at radius 3 is 3.06 bits per heavy atom. The molecular weight excluding hydrogens is 222 g/mol. The fourth-order valence-electron chi connectivity index (χ4n) is 3.61. The van der Waals surface area contributed by atoms with E-state index in [1.54, 1.807) is 7.11 Å². The van der Waals surface area contributed by atoms with Gasteiger partial charge in [0.25, 0.3) is 0 Å². The van der Waals surface area contributed by atoms with Crippen molar-refractivity contribution < 1.29 is 4.74 Å². The maximum absolute atomic E-state index is 5.51. The second-order valence-electron chi connectivity index (χ2n) is 5.31. The van der Waals surface area contributed by atoms with Gasteiger partial charge in [-0.3, -0.25) is 0 Å². The summed E-state index contributed by atoms with van der Waals surface area (Å²) in [5, 5.41) is 0. The molecule has 2 heterocycles. The number of nitrogens with zero attached hydrogens (tertiary/aromatic N) is 1. The van der Waals surface area contributed by atoms with E-state index in [-0.39, 0.29) is 0 Å². The van der Waals surface area contributed by atoms with E-state index in [9.17, 15) is 0 Å². The largest absolute Gasteiger partial charge is 0.496 e. The molecule has 18 heavy (non-hydrogen) atoms. The van der Waals surface area contributed by atoms with E-state index in [0.717, 1.165) is 24.6 Å². The lowest BCUT2D eigenvalue weighted by Crippen LogP contribution is -2.39. The van der Waals surface area contributed by atoms with Gasteiger partial charge in [0.05, 0.1) is 7.11 Å². The van der Waals surface area contributed by atoms with Crippen molar-refractivity contribution in [1.29, 1.82) is 0 Å². The zero-order valence-corrected chi connectivity index (χ0v) is 11.1. The highest BCUT2D eigenvalue weighted by molar-refractivity contribution is 5.63. The third kappa shape index (κ3) is 1.71. The normalized spacial score (nSPS) is 25.5. The highest BCUT2D eigenvalue weighted by Crippen LogP contribution is 2.43. The van der Waals surface area contributed by atoms with Crippen LogP contribution in [0.5, 0.6) is 5.75 Å². The zero-order valence-electron chi connectivity index (χ0n) is 11.1. The Labute approximate surface area is 109 Å². The fraction of sp³-hybridized carbons (Fsp3) is 0.500. The van der Waals surface area contributed by atoms with Gasteiger partial charge in [0, 0.05) is 23.3 Å². The molecule has 0 amide bonds. The number of anilines is 1. The van der Waals surface area contributed by atoms with Crippen LogP contribution in [0.3, 0.4) is 0 Å². The first-order valence-corrected chi connectivity index (χ1v) is 6.90. The molecule has 0 aliphatic carbocycles. The molecule has 2 aliphatic rings. The van der Waals surface area contributed by atoms with Crippen molar-refractivity contribution in [2.75, 3.05) is 12.0 Å². The molecule has 2 nitrogen and oxygen atoms in total. The summed E-state index contributed by atoms with van der Waals surface area (Å²) in [6.45, 7) is 3.90. The Morgan fingerprint density at radius 2 is 2.28 bits per heavy atom. The van der Waals surface area contributed by atoms with Crippen LogP contribution in [0.1, 0.15) is 31.2 Å². The molecule has 0 unspecified atom stereocenters. The van der Waals surface area contributed by atoms with E-state index in [0.29, 0.717) is 6.04 Å². The Kier molecular flexibility index (Phi) is 3.02. The number of hydrogen-bond acceptors (Lipinski definition) is 2. The molecular formula is C16H21NO. The highest BCUT2D eigenvalue weighted by atomic mass is 16.5. The second kappa shape index (κ2) is 4.68. The summed E-state index contributed by atoms with van der Waals surface area (Å²) in [6, 6.07) is 7.82. The number of rotatable bonds is 3. The van der Waals surface area contributed by atoms with Gasteiger partial charge < -0.3 is 9.64 Å². The smallest absolute Gasteiger partial charge is 0.124 e. The van der Waals surface area contributed by atoms with E-state index >= 15 is 0 Å². The van der Waals surface area contributed by atoms with E-state index in [4.69, 9.17) is 4.74 Å². The van der Waals surface area contributed by atoms with E-state index in [2.05, 4.69) is 35.8 Å². The summed E-state index contributed by atoms with van der Waals surface area (Å²) >= 11 is 0. The minimum absolute atomic E-state index is 0.638. The van der Waals surface area contributed by atoms with Crippen LogP contribution in [0.2, 0.25) is 0 Å². The molecule has 1 aromatic rings. The van der Waals surface area contributed by atoms with Gasteiger partial charge in [-0.05, 0) is 44.2 Å². The zero-order chi connectivity index (χ0) is 12.5. The topological polar surface area (TPSA) is 12.5 Å². The molecule has 2 atom stereocenters. The van der Waals surface area contributed by atoms with Gasteiger partial charge in [-0.15, -0.1) is 6.58 Å². The lowest BCUT2D eigenvalue weighted by Gasteiger charge is -2.38. The molecule has 0 saturated carbocycles. The summed E-state index contributed by atoms with van der Waals surface area (Å²) in [7, 11) is 1.77. The summed E-state index contributed by atoms with van der Waals surface area (Å²) in [4.78, 5) is 2.63. The quantitative estimate of drug-likeness (QED) is 0.753. The summed E-state index contributed by atoms with van der Waals surface area (Å²) < 4.78 is 5.51. The van der Waals surface area contributed by atoms with E-state index in [1.807, 2.05) is 0 Å². The molecule has 1 fully saturated rings. The first kappa shape index (κ1) is 11.6. The third-order valence-electron chi connectivity index (χ3n) is 4.39. The van der Waals surface area contributed by atoms with Gasteiger partial charge >= 0.3 is 0 Å². The second-order valence-corrected chi connectivity index (χ2v) is 5.31. The van der Waals surface area contributed by atoms with Crippen molar-refractivity contribution in [2.45, 2.75) is 44.2 Å². The molecule has 0 aromatic heterocycles. The van der Waals surface area contributed by atoms with Crippen molar-refractivity contribution in [1.82, 2.24) is 0 Å². The fourth-order valence-corrected chi connectivity index (χ4v) is 3.61.